The summed E-state index contributed by atoms with van der Waals surface area (Å²) in [5, 5.41) is 7.29. The number of rotatable bonds is 4. The largest absolute Gasteiger partial charge is 0.384 e. The van der Waals surface area contributed by atoms with E-state index < -0.39 is 0 Å². The van der Waals surface area contributed by atoms with E-state index in [0.717, 1.165) is 24.4 Å². The summed E-state index contributed by atoms with van der Waals surface area (Å²) in [7, 11) is 1.66. The van der Waals surface area contributed by atoms with Crippen molar-refractivity contribution in [3.05, 3.63) is 29.4 Å². The van der Waals surface area contributed by atoms with Gasteiger partial charge in [0, 0.05) is 26.5 Å². The third kappa shape index (κ3) is 2.14. The molecule has 3 heterocycles. The smallest absolute Gasteiger partial charge is 0.244 e. The Morgan fingerprint density at radius 3 is 3.39 bits per heavy atom. The van der Waals surface area contributed by atoms with Gasteiger partial charge in [-0.25, -0.2) is 4.98 Å². The Morgan fingerprint density at radius 1 is 1.56 bits per heavy atom. The van der Waals surface area contributed by atoms with E-state index in [2.05, 4.69) is 25.4 Å². The highest BCUT2D eigenvalue weighted by Gasteiger charge is 2.25. The fraction of sp³-hybridized carbons (Fsp3) is 0.545. The molecule has 96 valence electrons. The van der Waals surface area contributed by atoms with Gasteiger partial charge < -0.3 is 14.2 Å². The average molecular weight is 249 g/mol. The molecule has 1 atom stereocenters. The van der Waals surface area contributed by atoms with Crippen LogP contribution in [0.5, 0.6) is 0 Å². The summed E-state index contributed by atoms with van der Waals surface area (Å²) >= 11 is 0. The van der Waals surface area contributed by atoms with Gasteiger partial charge >= 0.3 is 0 Å². The molecule has 2 aromatic heterocycles. The van der Waals surface area contributed by atoms with Crippen LogP contribution in [0, 0.1) is 0 Å². The molecule has 0 amide bonds. The summed E-state index contributed by atoms with van der Waals surface area (Å²) in [5.41, 5.74) is 2.20. The fourth-order valence-electron chi connectivity index (χ4n) is 2.05. The van der Waals surface area contributed by atoms with Gasteiger partial charge in [-0.05, 0) is 0 Å². The lowest BCUT2D eigenvalue weighted by molar-refractivity contribution is 0.199. The van der Waals surface area contributed by atoms with Crippen molar-refractivity contribution in [1.82, 2.24) is 25.4 Å². The third-order valence-corrected chi connectivity index (χ3v) is 3.04. The highest BCUT2D eigenvalue weighted by molar-refractivity contribution is 5.17. The molecule has 7 heteroatoms. The van der Waals surface area contributed by atoms with Crippen molar-refractivity contribution < 1.29 is 9.26 Å². The highest BCUT2D eigenvalue weighted by Crippen LogP contribution is 2.22. The van der Waals surface area contributed by atoms with Gasteiger partial charge in [-0.1, -0.05) is 5.16 Å². The van der Waals surface area contributed by atoms with Gasteiger partial charge in [0.25, 0.3) is 0 Å². The van der Waals surface area contributed by atoms with E-state index in [1.165, 1.54) is 0 Å². The quantitative estimate of drug-likeness (QED) is 0.813. The Labute approximate surface area is 104 Å². The van der Waals surface area contributed by atoms with Gasteiger partial charge in [0.2, 0.25) is 5.89 Å². The monoisotopic (exact) mass is 249 g/mol. The molecule has 0 aromatic carbocycles. The summed E-state index contributed by atoms with van der Waals surface area (Å²) in [5.74, 6) is 1.30. The number of nitrogens with one attached hydrogen (secondary N) is 2. The third-order valence-electron chi connectivity index (χ3n) is 3.04. The van der Waals surface area contributed by atoms with Crippen molar-refractivity contribution in [2.75, 3.05) is 13.7 Å². The number of imidazole rings is 1. The zero-order valence-corrected chi connectivity index (χ0v) is 10.1. The van der Waals surface area contributed by atoms with Crippen LogP contribution in [0.1, 0.15) is 29.1 Å². The number of aromatic nitrogens is 4. The number of nitrogens with zero attached hydrogens (tertiary/aromatic N) is 3. The molecule has 0 saturated carbocycles. The molecule has 0 radical (unpaired) electrons. The minimum Gasteiger partial charge on any atom is -0.384 e. The molecule has 1 aliphatic rings. The Bertz CT molecular complexity index is 521. The molecule has 1 aliphatic heterocycles. The van der Waals surface area contributed by atoms with E-state index >= 15 is 0 Å². The predicted molar refractivity (Wildman–Crippen MR) is 61.8 cm³/mol. The fourth-order valence-corrected chi connectivity index (χ4v) is 2.05. The first-order chi connectivity index (χ1) is 8.86. The standard InChI is InChI=1S/C11H15N5O2/c1-17-3-2-10-15-11(18-16-10)8-4-7-9(5-12-8)14-6-13-7/h6,8,12H,2-5H2,1H3,(H,13,14). The maximum absolute atomic E-state index is 5.28. The van der Waals surface area contributed by atoms with Crippen LogP contribution < -0.4 is 5.32 Å². The first-order valence-electron chi connectivity index (χ1n) is 5.92. The molecule has 0 bridgehead atoms. The Balaban J connectivity index is 1.70. The van der Waals surface area contributed by atoms with E-state index in [-0.39, 0.29) is 6.04 Å². The maximum Gasteiger partial charge on any atom is 0.244 e. The number of H-pyrrole nitrogens is 1. The van der Waals surface area contributed by atoms with Crippen molar-refractivity contribution in [2.45, 2.75) is 25.4 Å². The molecule has 2 aromatic rings. The Morgan fingerprint density at radius 2 is 2.50 bits per heavy atom. The van der Waals surface area contributed by atoms with Crippen molar-refractivity contribution in [2.24, 2.45) is 0 Å². The van der Waals surface area contributed by atoms with Gasteiger partial charge in [0.1, 0.15) is 0 Å². The number of hydrogen-bond acceptors (Lipinski definition) is 6. The SMILES string of the molecule is COCCc1noc(C2Cc3nc[nH]c3CN2)n1. The van der Waals surface area contributed by atoms with E-state index in [4.69, 9.17) is 9.26 Å². The van der Waals surface area contributed by atoms with E-state index in [1.807, 2.05) is 0 Å². The van der Waals surface area contributed by atoms with E-state index in [1.54, 1.807) is 13.4 Å². The summed E-state index contributed by atoms with van der Waals surface area (Å²) < 4.78 is 10.3. The second-order valence-corrected chi connectivity index (χ2v) is 4.26. The van der Waals surface area contributed by atoms with Gasteiger partial charge in [-0.2, -0.15) is 4.98 Å². The number of aromatic amines is 1. The Hall–Kier alpha value is -1.73. The lowest BCUT2D eigenvalue weighted by Gasteiger charge is -2.19. The highest BCUT2D eigenvalue weighted by atomic mass is 16.5. The molecule has 7 nitrogen and oxygen atoms in total. The minimum atomic E-state index is 0.0459. The van der Waals surface area contributed by atoms with Crippen molar-refractivity contribution >= 4 is 0 Å². The number of ether oxygens (including phenoxy) is 1. The van der Waals surface area contributed by atoms with Crippen LogP contribution in [0.25, 0.3) is 0 Å². The first kappa shape index (κ1) is 11.4. The molecule has 2 N–H and O–H groups in total. The topological polar surface area (TPSA) is 88.9 Å². The second-order valence-electron chi connectivity index (χ2n) is 4.26. The molecule has 1 unspecified atom stereocenters. The minimum absolute atomic E-state index is 0.0459. The lowest BCUT2D eigenvalue weighted by atomic mass is 10.1. The summed E-state index contributed by atoms with van der Waals surface area (Å²) in [6, 6.07) is 0.0459. The summed E-state index contributed by atoms with van der Waals surface area (Å²) in [6.45, 7) is 1.34. The Kier molecular flexibility index (Phi) is 3.07. The zero-order valence-electron chi connectivity index (χ0n) is 10.1. The summed E-state index contributed by atoms with van der Waals surface area (Å²) in [6.07, 6.45) is 3.15. The normalized spacial score (nSPS) is 18.8. The van der Waals surface area contributed by atoms with Gasteiger partial charge in [0.15, 0.2) is 5.82 Å². The molecule has 0 saturated heterocycles. The van der Waals surface area contributed by atoms with Crippen molar-refractivity contribution in [3.63, 3.8) is 0 Å². The molecule has 18 heavy (non-hydrogen) atoms. The van der Waals surface area contributed by atoms with E-state index in [9.17, 15) is 0 Å². The molecular formula is C11H15N5O2. The van der Waals surface area contributed by atoms with Gasteiger partial charge in [-0.15, -0.1) is 0 Å². The van der Waals surface area contributed by atoms with Crippen LogP contribution in [-0.4, -0.2) is 33.8 Å². The van der Waals surface area contributed by atoms with Crippen LogP contribution in [0.15, 0.2) is 10.9 Å². The second kappa shape index (κ2) is 4.87. The maximum atomic E-state index is 5.28. The van der Waals surface area contributed by atoms with Crippen LogP contribution in [0.4, 0.5) is 0 Å². The molecule has 0 spiro atoms. The van der Waals surface area contributed by atoms with E-state index in [0.29, 0.717) is 24.7 Å². The van der Waals surface area contributed by atoms with Crippen LogP contribution >= 0.6 is 0 Å². The van der Waals surface area contributed by atoms with Crippen LogP contribution in [0.2, 0.25) is 0 Å². The number of fused-ring (bicyclic) bond motifs is 1. The molecule has 3 rings (SSSR count). The van der Waals surface area contributed by atoms with Crippen LogP contribution in [0.3, 0.4) is 0 Å². The molecular weight excluding hydrogens is 234 g/mol. The van der Waals surface area contributed by atoms with Crippen LogP contribution in [-0.2, 0) is 24.1 Å². The predicted octanol–water partition coefficient (Wildman–Crippen LogP) is 0.369. The van der Waals surface area contributed by atoms with Gasteiger partial charge in [0.05, 0.1) is 30.4 Å². The lowest BCUT2D eigenvalue weighted by Crippen LogP contribution is -2.28. The van der Waals surface area contributed by atoms with Crippen molar-refractivity contribution in [1.29, 1.82) is 0 Å². The number of hydrogen-bond donors (Lipinski definition) is 2. The molecule has 0 fully saturated rings. The number of methoxy groups -OCH3 is 1. The zero-order chi connectivity index (χ0) is 12.4. The summed E-state index contributed by atoms with van der Waals surface area (Å²) in [4.78, 5) is 11.8. The molecule has 0 aliphatic carbocycles. The first-order valence-corrected chi connectivity index (χ1v) is 5.92. The van der Waals surface area contributed by atoms with Gasteiger partial charge in [-0.3, -0.25) is 5.32 Å². The average Bonchev–Trinajstić information content (AvgIpc) is 3.04. The van der Waals surface area contributed by atoms with Crippen molar-refractivity contribution in [3.8, 4) is 0 Å².